The zero-order valence-electron chi connectivity index (χ0n) is 6.45. The second kappa shape index (κ2) is 2.87. The third kappa shape index (κ3) is 1.14. The minimum Gasteiger partial charge on any atom is -0.461 e. The third-order valence-corrected chi connectivity index (χ3v) is 1.73. The van der Waals surface area contributed by atoms with Crippen molar-refractivity contribution in [3.05, 3.63) is 36.2 Å². The first-order valence-corrected chi connectivity index (χ1v) is 3.72. The van der Waals surface area contributed by atoms with Crippen molar-refractivity contribution >= 4 is 5.69 Å². The average Bonchev–Trinajstić information content (AvgIpc) is 2.17. The van der Waals surface area contributed by atoms with E-state index in [1.165, 1.54) is 0 Å². The van der Waals surface area contributed by atoms with E-state index in [4.69, 9.17) is 9.84 Å². The zero-order valence-corrected chi connectivity index (χ0v) is 6.45. The number of aliphatic hydroxyl groups is 1. The number of nitrogens with one attached hydrogen (secondary N) is 1. The summed E-state index contributed by atoms with van der Waals surface area (Å²) in [6.07, 6.45) is 3.30. The van der Waals surface area contributed by atoms with Crippen molar-refractivity contribution in [2.75, 3.05) is 5.32 Å². The summed E-state index contributed by atoms with van der Waals surface area (Å²) in [6.45, 7) is 0.0420. The van der Waals surface area contributed by atoms with E-state index in [1.807, 2.05) is 18.2 Å². The largest absolute Gasteiger partial charge is 0.461 e. The molecule has 0 saturated carbocycles. The highest BCUT2D eigenvalue weighted by Crippen LogP contribution is 2.28. The molecule has 1 aliphatic heterocycles. The Bertz CT molecular complexity index is 320. The normalized spacial score (nSPS) is 13.1. The van der Waals surface area contributed by atoms with Crippen LogP contribution in [0.1, 0.15) is 5.56 Å². The third-order valence-electron chi connectivity index (χ3n) is 1.73. The minimum absolute atomic E-state index is 0.0420. The van der Waals surface area contributed by atoms with E-state index in [-0.39, 0.29) is 6.61 Å². The number of aliphatic hydroxyl groups excluding tert-OH is 1. The number of anilines is 1. The van der Waals surface area contributed by atoms with Gasteiger partial charge in [-0.15, -0.1) is 0 Å². The fraction of sp³-hybridized carbons (Fsp3) is 0.111. The fourth-order valence-corrected chi connectivity index (χ4v) is 1.11. The number of hydrogen-bond acceptors (Lipinski definition) is 3. The molecule has 3 nitrogen and oxygen atoms in total. The zero-order chi connectivity index (χ0) is 8.39. The lowest BCUT2D eigenvalue weighted by atomic mass is 10.2. The monoisotopic (exact) mass is 163 g/mol. The van der Waals surface area contributed by atoms with Crippen molar-refractivity contribution in [3.8, 4) is 5.75 Å². The molecule has 0 spiro atoms. The second-order valence-electron chi connectivity index (χ2n) is 2.55. The van der Waals surface area contributed by atoms with Gasteiger partial charge in [0.15, 0.2) is 0 Å². The molecule has 62 valence electrons. The lowest BCUT2D eigenvalue weighted by Gasteiger charge is -2.13. The highest BCUT2D eigenvalue weighted by molar-refractivity contribution is 5.60. The number of ether oxygens (including phenoxy) is 1. The van der Waals surface area contributed by atoms with E-state index in [0.717, 1.165) is 17.0 Å². The fourth-order valence-electron chi connectivity index (χ4n) is 1.11. The molecule has 0 aromatic heterocycles. The molecule has 2 N–H and O–H groups in total. The van der Waals surface area contributed by atoms with Crippen LogP contribution in [-0.4, -0.2) is 5.11 Å². The van der Waals surface area contributed by atoms with Crippen LogP contribution in [0, 0.1) is 0 Å². The Hall–Kier alpha value is -1.48. The minimum atomic E-state index is 0.0420. The van der Waals surface area contributed by atoms with Crippen molar-refractivity contribution < 1.29 is 9.84 Å². The standard InChI is InChI=1S/C9H9NO2/c11-6-7-1-2-8-9(5-7)12-4-3-10-8/h1-5,10-11H,6H2. The summed E-state index contributed by atoms with van der Waals surface area (Å²) in [5.74, 6) is 0.754. The smallest absolute Gasteiger partial charge is 0.150 e. The van der Waals surface area contributed by atoms with Crippen LogP contribution >= 0.6 is 0 Å². The van der Waals surface area contributed by atoms with Gasteiger partial charge in [0.05, 0.1) is 12.3 Å². The van der Waals surface area contributed by atoms with Gasteiger partial charge in [-0.05, 0) is 17.7 Å². The van der Waals surface area contributed by atoms with Crippen molar-refractivity contribution in [3.63, 3.8) is 0 Å². The molecule has 0 atom stereocenters. The van der Waals surface area contributed by atoms with E-state index < -0.39 is 0 Å². The predicted molar refractivity (Wildman–Crippen MR) is 45.8 cm³/mol. The molecule has 3 heteroatoms. The van der Waals surface area contributed by atoms with Crippen LogP contribution in [0.3, 0.4) is 0 Å². The first-order valence-electron chi connectivity index (χ1n) is 3.72. The van der Waals surface area contributed by atoms with Crippen molar-refractivity contribution in [2.45, 2.75) is 6.61 Å². The molecule has 0 aliphatic carbocycles. The van der Waals surface area contributed by atoms with Crippen LogP contribution < -0.4 is 10.1 Å². The van der Waals surface area contributed by atoms with E-state index in [2.05, 4.69) is 5.32 Å². The van der Waals surface area contributed by atoms with Gasteiger partial charge in [-0.25, -0.2) is 0 Å². The van der Waals surface area contributed by atoms with Crippen LogP contribution in [0.5, 0.6) is 5.75 Å². The average molecular weight is 163 g/mol. The maximum absolute atomic E-state index is 8.85. The molecule has 0 amide bonds. The summed E-state index contributed by atoms with van der Waals surface area (Å²) in [4.78, 5) is 0. The molecule has 1 aromatic carbocycles. The topological polar surface area (TPSA) is 41.5 Å². The lowest BCUT2D eigenvalue weighted by Crippen LogP contribution is -1.99. The number of hydrogen-bond donors (Lipinski definition) is 2. The molecule has 0 radical (unpaired) electrons. The highest BCUT2D eigenvalue weighted by atomic mass is 16.5. The summed E-state index contributed by atoms with van der Waals surface area (Å²) in [5, 5.41) is 11.9. The Kier molecular flexibility index (Phi) is 1.72. The quantitative estimate of drug-likeness (QED) is 0.658. The highest BCUT2D eigenvalue weighted by Gasteiger charge is 2.05. The van der Waals surface area contributed by atoms with Crippen LogP contribution in [0.25, 0.3) is 0 Å². The van der Waals surface area contributed by atoms with Crippen LogP contribution in [0.15, 0.2) is 30.7 Å². The maximum Gasteiger partial charge on any atom is 0.150 e. The van der Waals surface area contributed by atoms with Gasteiger partial charge in [0, 0.05) is 6.20 Å². The molecular weight excluding hydrogens is 154 g/mol. The van der Waals surface area contributed by atoms with Gasteiger partial charge < -0.3 is 15.2 Å². The van der Waals surface area contributed by atoms with Gasteiger partial charge in [0.1, 0.15) is 12.0 Å². The van der Waals surface area contributed by atoms with E-state index in [1.54, 1.807) is 12.5 Å². The van der Waals surface area contributed by atoms with Gasteiger partial charge in [0.2, 0.25) is 0 Å². The van der Waals surface area contributed by atoms with E-state index >= 15 is 0 Å². The van der Waals surface area contributed by atoms with Gasteiger partial charge in [-0.3, -0.25) is 0 Å². The van der Waals surface area contributed by atoms with Gasteiger partial charge in [-0.2, -0.15) is 0 Å². The van der Waals surface area contributed by atoms with Gasteiger partial charge in [-0.1, -0.05) is 6.07 Å². The lowest BCUT2D eigenvalue weighted by molar-refractivity contribution is 0.281. The molecule has 1 heterocycles. The molecule has 1 aromatic rings. The van der Waals surface area contributed by atoms with Crippen LogP contribution in [0.4, 0.5) is 5.69 Å². The Morgan fingerprint density at radius 2 is 2.33 bits per heavy atom. The van der Waals surface area contributed by atoms with Gasteiger partial charge >= 0.3 is 0 Å². The summed E-state index contributed by atoms with van der Waals surface area (Å²) in [7, 11) is 0. The number of rotatable bonds is 1. The van der Waals surface area contributed by atoms with Crippen LogP contribution in [-0.2, 0) is 6.61 Å². The van der Waals surface area contributed by atoms with E-state index in [9.17, 15) is 0 Å². The molecule has 0 saturated heterocycles. The Morgan fingerprint density at radius 3 is 3.17 bits per heavy atom. The molecular formula is C9H9NO2. The van der Waals surface area contributed by atoms with Crippen molar-refractivity contribution in [1.29, 1.82) is 0 Å². The van der Waals surface area contributed by atoms with Crippen molar-refractivity contribution in [2.24, 2.45) is 0 Å². The van der Waals surface area contributed by atoms with Crippen molar-refractivity contribution in [1.82, 2.24) is 0 Å². The molecule has 2 rings (SSSR count). The molecule has 1 aliphatic rings. The first-order chi connectivity index (χ1) is 5.90. The van der Waals surface area contributed by atoms with E-state index in [0.29, 0.717) is 0 Å². The molecule has 0 unspecified atom stereocenters. The molecule has 0 fully saturated rings. The first kappa shape index (κ1) is 7.18. The maximum atomic E-state index is 8.85. The predicted octanol–water partition coefficient (Wildman–Crippen LogP) is 1.45. The molecule has 0 bridgehead atoms. The number of fused-ring (bicyclic) bond motifs is 1. The summed E-state index contributed by atoms with van der Waals surface area (Å²) >= 11 is 0. The Labute approximate surface area is 70.3 Å². The van der Waals surface area contributed by atoms with Gasteiger partial charge in [0.25, 0.3) is 0 Å². The SMILES string of the molecule is OCc1ccc2c(c1)OC=CN2. The van der Waals surface area contributed by atoms with Crippen LogP contribution in [0.2, 0.25) is 0 Å². The summed E-state index contributed by atoms with van der Waals surface area (Å²) in [6, 6.07) is 5.55. The Morgan fingerprint density at radius 1 is 1.42 bits per heavy atom. The summed E-state index contributed by atoms with van der Waals surface area (Å²) < 4.78 is 5.21. The second-order valence-corrected chi connectivity index (χ2v) is 2.55. The number of benzene rings is 1. The Balaban J connectivity index is 2.39. The molecule has 12 heavy (non-hydrogen) atoms. The summed E-state index contributed by atoms with van der Waals surface area (Å²) in [5.41, 5.74) is 1.78.